The molecule has 0 spiro atoms. The molecular formula is C14H22N2O2. The Bertz CT molecular complexity index is 407. The molecule has 0 amide bonds. The van der Waals surface area contributed by atoms with E-state index < -0.39 is 0 Å². The van der Waals surface area contributed by atoms with Crippen LogP contribution >= 0.6 is 0 Å². The van der Waals surface area contributed by atoms with Crippen LogP contribution < -0.4 is 15.2 Å². The lowest BCUT2D eigenvalue weighted by atomic mass is 10.2. The second-order valence-electron chi connectivity index (χ2n) is 5.16. The van der Waals surface area contributed by atoms with Crippen molar-refractivity contribution in [3.05, 3.63) is 18.2 Å². The molecule has 1 aromatic rings. The molecule has 0 saturated carbocycles. The first-order chi connectivity index (χ1) is 8.54. The van der Waals surface area contributed by atoms with E-state index in [1.54, 1.807) is 0 Å². The molecule has 100 valence electrons. The maximum Gasteiger partial charge on any atom is 0.146 e. The summed E-state index contributed by atoms with van der Waals surface area (Å²) >= 11 is 0. The van der Waals surface area contributed by atoms with Crippen molar-refractivity contribution in [2.75, 3.05) is 25.9 Å². The lowest BCUT2D eigenvalue weighted by Crippen LogP contribution is -2.21. The first-order valence-electron chi connectivity index (χ1n) is 6.46. The molecular weight excluding hydrogens is 228 g/mol. The fourth-order valence-electron chi connectivity index (χ4n) is 2.13. The van der Waals surface area contributed by atoms with E-state index in [1.165, 1.54) is 0 Å². The molecule has 1 aliphatic heterocycles. The van der Waals surface area contributed by atoms with Crippen LogP contribution in [0.3, 0.4) is 0 Å². The Labute approximate surface area is 109 Å². The molecule has 4 nitrogen and oxygen atoms in total. The van der Waals surface area contributed by atoms with E-state index in [0.29, 0.717) is 11.4 Å². The molecule has 0 aliphatic carbocycles. The minimum Gasteiger partial charge on any atom is -0.489 e. The van der Waals surface area contributed by atoms with E-state index in [1.807, 2.05) is 32.0 Å². The SMILES string of the molecule is CC(C)Oc1cc(O[C@@H]2CCN(C)C2)ccc1N. The van der Waals surface area contributed by atoms with Crippen molar-refractivity contribution >= 4 is 5.69 Å². The maximum absolute atomic E-state index is 5.95. The third-order valence-electron chi connectivity index (χ3n) is 3.00. The van der Waals surface area contributed by atoms with Crippen LogP contribution in [-0.2, 0) is 0 Å². The maximum atomic E-state index is 5.95. The third kappa shape index (κ3) is 3.29. The number of rotatable bonds is 4. The van der Waals surface area contributed by atoms with E-state index in [4.69, 9.17) is 15.2 Å². The molecule has 0 radical (unpaired) electrons. The Kier molecular flexibility index (Phi) is 3.97. The van der Waals surface area contributed by atoms with Gasteiger partial charge in [0.1, 0.15) is 17.6 Å². The average Bonchev–Trinajstić information content (AvgIpc) is 2.68. The Hall–Kier alpha value is -1.42. The summed E-state index contributed by atoms with van der Waals surface area (Å²) in [6.45, 7) is 6.04. The van der Waals surface area contributed by atoms with Crippen LogP contribution in [0.1, 0.15) is 20.3 Å². The van der Waals surface area contributed by atoms with Gasteiger partial charge in [0.2, 0.25) is 0 Å². The van der Waals surface area contributed by atoms with Crippen molar-refractivity contribution in [1.29, 1.82) is 0 Å². The highest BCUT2D eigenvalue weighted by Crippen LogP contribution is 2.29. The number of nitrogens with zero attached hydrogens (tertiary/aromatic N) is 1. The van der Waals surface area contributed by atoms with E-state index in [-0.39, 0.29) is 12.2 Å². The van der Waals surface area contributed by atoms with Gasteiger partial charge in [0, 0.05) is 19.2 Å². The van der Waals surface area contributed by atoms with Gasteiger partial charge in [-0.15, -0.1) is 0 Å². The molecule has 2 rings (SSSR count). The number of likely N-dealkylation sites (tertiary alicyclic amines) is 1. The van der Waals surface area contributed by atoms with E-state index in [9.17, 15) is 0 Å². The summed E-state index contributed by atoms with van der Waals surface area (Å²) in [5.74, 6) is 1.54. The normalized spacial score (nSPS) is 20.3. The largest absolute Gasteiger partial charge is 0.489 e. The number of hydrogen-bond acceptors (Lipinski definition) is 4. The van der Waals surface area contributed by atoms with Crippen LogP contribution in [0.25, 0.3) is 0 Å². The predicted octanol–water partition coefficient (Wildman–Crippen LogP) is 2.14. The van der Waals surface area contributed by atoms with Crippen LogP contribution in [0.2, 0.25) is 0 Å². The smallest absolute Gasteiger partial charge is 0.146 e. The second-order valence-corrected chi connectivity index (χ2v) is 5.16. The summed E-state index contributed by atoms with van der Waals surface area (Å²) in [5, 5.41) is 0. The topological polar surface area (TPSA) is 47.7 Å². The Balaban J connectivity index is 2.04. The Morgan fingerprint density at radius 2 is 2.17 bits per heavy atom. The molecule has 0 unspecified atom stereocenters. The molecule has 4 heteroatoms. The number of benzene rings is 1. The van der Waals surface area contributed by atoms with Crippen molar-refractivity contribution in [2.45, 2.75) is 32.5 Å². The van der Waals surface area contributed by atoms with Crippen molar-refractivity contribution in [2.24, 2.45) is 0 Å². The molecule has 18 heavy (non-hydrogen) atoms. The van der Waals surface area contributed by atoms with Gasteiger partial charge in [-0.25, -0.2) is 0 Å². The predicted molar refractivity (Wildman–Crippen MR) is 73.1 cm³/mol. The first-order valence-corrected chi connectivity index (χ1v) is 6.46. The number of ether oxygens (including phenoxy) is 2. The molecule has 1 fully saturated rings. The zero-order valence-electron chi connectivity index (χ0n) is 11.3. The van der Waals surface area contributed by atoms with Crippen LogP contribution in [0.15, 0.2) is 18.2 Å². The van der Waals surface area contributed by atoms with Gasteiger partial charge in [0.05, 0.1) is 11.8 Å². The molecule has 1 saturated heterocycles. The van der Waals surface area contributed by atoms with Crippen LogP contribution in [-0.4, -0.2) is 37.2 Å². The molecule has 0 bridgehead atoms. The molecule has 1 heterocycles. The summed E-state index contributed by atoms with van der Waals surface area (Å²) in [6.07, 6.45) is 1.45. The van der Waals surface area contributed by atoms with Crippen LogP contribution in [0, 0.1) is 0 Å². The average molecular weight is 250 g/mol. The number of likely N-dealkylation sites (N-methyl/N-ethyl adjacent to an activating group) is 1. The van der Waals surface area contributed by atoms with Crippen molar-refractivity contribution in [3.63, 3.8) is 0 Å². The molecule has 1 aromatic carbocycles. The first kappa shape index (κ1) is 13.0. The number of anilines is 1. The molecule has 1 atom stereocenters. The lowest BCUT2D eigenvalue weighted by molar-refractivity contribution is 0.204. The van der Waals surface area contributed by atoms with Crippen LogP contribution in [0.5, 0.6) is 11.5 Å². The summed E-state index contributed by atoms with van der Waals surface area (Å²) in [5.41, 5.74) is 6.53. The zero-order chi connectivity index (χ0) is 13.1. The standard InChI is InChI=1S/C14H22N2O2/c1-10(2)17-14-8-11(4-5-13(14)15)18-12-6-7-16(3)9-12/h4-5,8,10,12H,6-7,9,15H2,1-3H3/t12-/m1/s1. The van der Waals surface area contributed by atoms with Gasteiger partial charge in [0.25, 0.3) is 0 Å². The summed E-state index contributed by atoms with van der Waals surface area (Å²) in [7, 11) is 2.11. The highest BCUT2D eigenvalue weighted by molar-refractivity contribution is 5.55. The van der Waals surface area contributed by atoms with Crippen molar-refractivity contribution in [1.82, 2.24) is 4.90 Å². The highest BCUT2D eigenvalue weighted by Gasteiger charge is 2.21. The second kappa shape index (κ2) is 5.48. The van der Waals surface area contributed by atoms with E-state index >= 15 is 0 Å². The fraction of sp³-hybridized carbons (Fsp3) is 0.571. The van der Waals surface area contributed by atoms with Crippen molar-refractivity contribution in [3.8, 4) is 11.5 Å². The number of nitrogens with two attached hydrogens (primary N) is 1. The number of hydrogen-bond donors (Lipinski definition) is 1. The van der Waals surface area contributed by atoms with Gasteiger partial charge in [0.15, 0.2) is 0 Å². The summed E-state index contributed by atoms with van der Waals surface area (Å²) in [4.78, 5) is 2.27. The summed E-state index contributed by atoms with van der Waals surface area (Å²) in [6, 6.07) is 5.63. The van der Waals surface area contributed by atoms with Gasteiger partial charge >= 0.3 is 0 Å². The monoisotopic (exact) mass is 250 g/mol. The lowest BCUT2D eigenvalue weighted by Gasteiger charge is -2.17. The van der Waals surface area contributed by atoms with Gasteiger partial charge in [-0.1, -0.05) is 0 Å². The van der Waals surface area contributed by atoms with Gasteiger partial charge in [-0.05, 0) is 39.4 Å². The van der Waals surface area contributed by atoms with Crippen molar-refractivity contribution < 1.29 is 9.47 Å². The minimum absolute atomic E-state index is 0.111. The number of nitrogen functional groups attached to an aromatic ring is 1. The fourth-order valence-corrected chi connectivity index (χ4v) is 2.13. The van der Waals surface area contributed by atoms with Gasteiger partial charge in [-0.2, -0.15) is 0 Å². The zero-order valence-corrected chi connectivity index (χ0v) is 11.3. The highest BCUT2D eigenvalue weighted by atomic mass is 16.5. The van der Waals surface area contributed by atoms with Gasteiger partial charge < -0.3 is 20.1 Å². The van der Waals surface area contributed by atoms with Crippen LogP contribution in [0.4, 0.5) is 5.69 Å². The van der Waals surface area contributed by atoms with E-state index in [2.05, 4.69) is 11.9 Å². The molecule has 1 aliphatic rings. The third-order valence-corrected chi connectivity index (χ3v) is 3.00. The minimum atomic E-state index is 0.111. The van der Waals surface area contributed by atoms with E-state index in [0.717, 1.165) is 25.3 Å². The Morgan fingerprint density at radius 3 is 2.78 bits per heavy atom. The molecule has 0 aromatic heterocycles. The summed E-state index contributed by atoms with van der Waals surface area (Å²) < 4.78 is 11.6. The quantitative estimate of drug-likeness (QED) is 0.832. The Morgan fingerprint density at radius 1 is 1.39 bits per heavy atom. The van der Waals surface area contributed by atoms with Gasteiger partial charge in [-0.3, -0.25) is 0 Å². The molecule has 2 N–H and O–H groups in total.